The minimum absolute atomic E-state index is 0.0898. The van der Waals surface area contributed by atoms with Crippen molar-refractivity contribution in [2.24, 2.45) is 0 Å². The molecular formula is C17H12F3N5O. The van der Waals surface area contributed by atoms with E-state index in [-0.39, 0.29) is 11.3 Å². The van der Waals surface area contributed by atoms with Crippen LogP contribution in [0.2, 0.25) is 0 Å². The third-order valence-corrected chi connectivity index (χ3v) is 3.44. The van der Waals surface area contributed by atoms with Gasteiger partial charge in [0.05, 0.1) is 11.3 Å². The molecule has 0 bridgehead atoms. The summed E-state index contributed by atoms with van der Waals surface area (Å²) in [6, 6.07) is 5.23. The molecule has 1 atom stereocenters. The van der Waals surface area contributed by atoms with E-state index in [1.54, 1.807) is 24.5 Å². The fourth-order valence-electron chi connectivity index (χ4n) is 2.18. The molecule has 132 valence electrons. The van der Waals surface area contributed by atoms with E-state index in [4.69, 9.17) is 0 Å². The Morgan fingerprint density at radius 3 is 2.23 bits per heavy atom. The third kappa shape index (κ3) is 4.00. The molecule has 3 rings (SSSR count). The Kier molecular flexibility index (Phi) is 4.87. The van der Waals surface area contributed by atoms with Gasteiger partial charge in [0, 0.05) is 36.5 Å². The number of hydrogen-bond acceptors (Lipinski definition) is 5. The maximum atomic E-state index is 13.3. The molecule has 0 aromatic carbocycles. The Bertz CT molecular complexity index is 870. The second-order valence-corrected chi connectivity index (χ2v) is 5.23. The van der Waals surface area contributed by atoms with Crippen molar-refractivity contribution in [3.8, 4) is 11.4 Å². The van der Waals surface area contributed by atoms with Crippen LogP contribution in [0.15, 0.2) is 61.3 Å². The zero-order chi connectivity index (χ0) is 18.6. The van der Waals surface area contributed by atoms with Crippen LogP contribution in [0.4, 0.5) is 13.2 Å². The molecule has 0 aliphatic carbocycles. The van der Waals surface area contributed by atoms with Crippen LogP contribution >= 0.6 is 0 Å². The second kappa shape index (κ2) is 7.26. The minimum atomic E-state index is -4.69. The molecule has 9 heteroatoms. The average Bonchev–Trinajstić information content (AvgIpc) is 2.66. The standard InChI is InChI=1S/C17H12F3N5O/c18-17(19,20)14(13-3-1-2-6-22-13)25-16(26)12-9-23-15(24-10-12)11-4-7-21-8-5-11/h1-10,14H,(H,25,26)/t14-/m0/s1. The Labute approximate surface area is 146 Å². The Hall–Kier alpha value is -3.36. The first-order valence-corrected chi connectivity index (χ1v) is 7.46. The van der Waals surface area contributed by atoms with E-state index in [9.17, 15) is 18.0 Å². The van der Waals surface area contributed by atoms with Gasteiger partial charge in [-0.05, 0) is 24.3 Å². The number of amides is 1. The lowest BCUT2D eigenvalue weighted by Crippen LogP contribution is -2.38. The highest BCUT2D eigenvalue weighted by Crippen LogP contribution is 2.31. The van der Waals surface area contributed by atoms with Crippen LogP contribution in [-0.4, -0.2) is 32.0 Å². The van der Waals surface area contributed by atoms with Gasteiger partial charge in [-0.2, -0.15) is 13.2 Å². The van der Waals surface area contributed by atoms with Gasteiger partial charge in [-0.25, -0.2) is 9.97 Å². The fraction of sp³-hybridized carbons (Fsp3) is 0.118. The molecular weight excluding hydrogens is 347 g/mol. The van der Waals surface area contributed by atoms with Gasteiger partial charge in [0.1, 0.15) is 0 Å². The van der Waals surface area contributed by atoms with E-state index in [1.165, 1.54) is 36.8 Å². The van der Waals surface area contributed by atoms with E-state index in [2.05, 4.69) is 19.9 Å². The summed E-state index contributed by atoms with van der Waals surface area (Å²) in [4.78, 5) is 27.8. The van der Waals surface area contributed by atoms with E-state index < -0.39 is 18.1 Å². The number of alkyl halides is 3. The summed E-state index contributed by atoms with van der Waals surface area (Å²) < 4.78 is 39.8. The monoisotopic (exact) mass is 359 g/mol. The summed E-state index contributed by atoms with van der Waals surface area (Å²) in [5, 5.41) is 1.93. The Morgan fingerprint density at radius 2 is 1.65 bits per heavy atom. The summed E-state index contributed by atoms with van der Waals surface area (Å²) in [6.07, 6.45) is 1.99. The number of rotatable bonds is 4. The topological polar surface area (TPSA) is 80.7 Å². The minimum Gasteiger partial charge on any atom is -0.335 e. The van der Waals surface area contributed by atoms with Crippen LogP contribution in [0.5, 0.6) is 0 Å². The summed E-state index contributed by atoms with van der Waals surface area (Å²) in [5.74, 6) is -0.611. The van der Waals surface area contributed by atoms with Gasteiger partial charge in [0.25, 0.3) is 5.91 Å². The normalized spacial score (nSPS) is 12.4. The smallest absolute Gasteiger partial charge is 0.335 e. The van der Waals surface area contributed by atoms with Crippen molar-refractivity contribution in [2.75, 3.05) is 0 Å². The lowest BCUT2D eigenvalue weighted by atomic mass is 10.1. The summed E-state index contributed by atoms with van der Waals surface area (Å²) in [6.45, 7) is 0. The first-order chi connectivity index (χ1) is 12.4. The van der Waals surface area contributed by atoms with Crippen molar-refractivity contribution in [2.45, 2.75) is 12.2 Å². The molecule has 0 aliphatic heterocycles. The van der Waals surface area contributed by atoms with Crippen molar-refractivity contribution >= 4 is 5.91 Å². The second-order valence-electron chi connectivity index (χ2n) is 5.23. The van der Waals surface area contributed by atoms with Gasteiger partial charge in [0.15, 0.2) is 11.9 Å². The molecule has 6 nitrogen and oxygen atoms in total. The molecule has 0 aliphatic rings. The number of halogens is 3. The quantitative estimate of drug-likeness (QED) is 0.775. The molecule has 0 fully saturated rings. The van der Waals surface area contributed by atoms with Gasteiger partial charge in [-0.1, -0.05) is 6.07 Å². The van der Waals surface area contributed by atoms with Gasteiger partial charge in [-0.15, -0.1) is 0 Å². The van der Waals surface area contributed by atoms with E-state index in [0.29, 0.717) is 11.4 Å². The number of nitrogens with one attached hydrogen (secondary N) is 1. The maximum absolute atomic E-state index is 13.3. The van der Waals surface area contributed by atoms with Crippen LogP contribution in [0.1, 0.15) is 22.1 Å². The van der Waals surface area contributed by atoms with Crippen LogP contribution in [0.3, 0.4) is 0 Å². The number of hydrogen-bond donors (Lipinski definition) is 1. The first-order valence-electron chi connectivity index (χ1n) is 7.46. The summed E-state index contributed by atoms with van der Waals surface area (Å²) in [5.41, 5.74) is 0.282. The molecule has 0 saturated carbocycles. The highest BCUT2D eigenvalue weighted by molar-refractivity contribution is 5.94. The zero-order valence-corrected chi connectivity index (χ0v) is 13.2. The molecule has 26 heavy (non-hydrogen) atoms. The van der Waals surface area contributed by atoms with Crippen LogP contribution in [0, 0.1) is 0 Å². The SMILES string of the molecule is O=C(N[C@@H](c1ccccn1)C(F)(F)F)c1cnc(-c2ccncc2)nc1. The molecule has 0 unspecified atom stereocenters. The molecule has 3 aromatic heterocycles. The third-order valence-electron chi connectivity index (χ3n) is 3.44. The molecule has 0 saturated heterocycles. The molecule has 1 amide bonds. The van der Waals surface area contributed by atoms with Crippen molar-refractivity contribution < 1.29 is 18.0 Å². The maximum Gasteiger partial charge on any atom is 0.414 e. The van der Waals surface area contributed by atoms with Crippen LogP contribution in [0.25, 0.3) is 11.4 Å². The lowest BCUT2D eigenvalue weighted by Gasteiger charge is -2.21. The van der Waals surface area contributed by atoms with Crippen LogP contribution < -0.4 is 5.32 Å². The average molecular weight is 359 g/mol. The van der Waals surface area contributed by atoms with E-state index >= 15 is 0 Å². The largest absolute Gasteiger partial charge is 0.414 e. The van der Waals surface area contributed by atoms with E-state index in [1.807, 2.05) is 5.32 Å². The number of nitrogens with zero attached hydrogens (tertiary/aromatic N) is 4. The lowest BCUT2D eigenvalue weighted by molar-refractivity contribution is -0.156. The van der Waals surface area contributed by atoms with Crippen molar-refractivity contribution in [1.82, 2.24) is 25.3 Å². The predicted octanol–water partition coefficient (Wildman–Crippen LogP) is 2.97. The Balaban J connectivity index is 1.80. The highest BCUT2D eigenvalue weighted by Gasteiger charge is 2.43. The van der Waals surface area contributed by atoms with E-state index in [0.717, 1.165) is 0 Å². The number of carbonyl (C=O) groups excluding carboxylic acids is 1. The number of aromatic nitrogens is 4. The highest BCUT2D eigenvalue weighted by atomic mass is 19.4. The molecule has 0 spiro atoms. The van der Waals surface area contributed by atoms with Crippen LogP contribution in [-0.2, 0) is 0 Å². The van der Waals surface area contributed by atoms with Gasteiger partial charge in [-0.3, -0.25) is 14.8 Å². The predicted molar refractivity (Wildman–Crippen MR) is 85.8 cm³/mol. The van der Waals surface area contributed by atoms with Crippen molar-refractivity contribution in [3.05, 3.63) is 72.6 Å². The summed E-state index contributed by atoms with van der Waals surface area (Å²) in [7, 11) is 0. The van der Waals surface area contributed by atoms with Crippen molar-refractivity contribution in [1.29, 1.82) is 0 Å². The molecule has 3 heterocycles. The Morgan fingerprint density at radius 1 is 0.962 bits per heavy atom. The van der Waals surface area contributed by atoms with Gasteiger partial charge >= 0.3 is 6.18 Å². The molecule has 3 aromatic rings. The van der Waals surface area contributed by atoms with Crippen molar-refractivity contribution in [3.63, 3.8) is 0 Å². The van der Waals surface area contributed by atoms with Gasteiger partial charge in [0.2, 0.25) is 0 Å². The van der Waals surface area contributed by atoms with Gasteiger partial charge < -0.3 is 5.32 Å². The fourth-order valence-corrected chi connectivity index (χ4v) is 2.18. The number of pyridine rings is 2. The molecule has 1 N–H and O–H groups in total. The zero-order valence-electron chi connectivity index (χ0n) is 13.2. The first kappa shape index (κ1) is 17.5. The molecule has 0 radical (unpaired) electrons. The number of carbonyl (C=O) groups is 1. The summed E-state index contributed by atoms with van der Waals surface area (Å²) >= 11 is 0.